The molecule has 0 aliphatic carbocycles. The second-order valence-electron chi connectivity index (χ2n) is 5.62. The van der Waals surface area contributed by atoms with Gasteiger partial charge in [-0.2, -0.15) is 0 Å². The number of carbonyl (C=O) groups is 1. The topological polar surface area (TPSA) is 53.2 Å². The zero-order chi connectivity index (χ0) is 15.2. The Morgan fingerprint density at radius 2 is 1.82 bits per heavy atom. The number of rotatable bonds is 5. The summed E-state index contributed by atoms with van der Waals surface area (Å²) in [6.07, 6.45) is 2.79. The number of para-hydroxylation sites is 1. The van der Waals surface area contributed by atoms with Crippen LogP contribution in [0.1, 0.15) is 19.3 Å². The molecule has 1 saturated heterocycles. The molecule has 1 heterocycles. The normalized spacial score (nSPS) is 17.2. The summed E-state index contributed by atoms with van der Waals surface area (Å²) in [6.45, 7) is 1.02. The van der Waals surface area contributed by atoms with E-state index >= 15 is 0 Å². The third-order valence-electron chi connectivity index (χ3n) is 3.80. The molecular weight excluding hydrogens is 274 g/mol. The maximum atomic E-state index is 12.1. The van der Waals surface area contributed by atoms with Gasteiger partial charge in [-0.25, -0.2) is 0 Å². The quantitative estimate of drug-likeness (QED) is 0.791. The molecular formula is C18H21N3O. The smallest absolute Gasteiger partial charge is 0.225 e. The molecule has 114 valence electrons. The number of anilines is 3. The summed E-state index contributed by atoms with van der Waals surface area (Å²) in [5, 5.41) is 9.65. The Morgan fingerprint density at radius 3 is 2.59 bits per heavy atom. The Kier molecular flexibility index (Phi) is 4.71. The number of carbonyl (C=O) groups excluding carboxylic acids is 1. The third kappa shape index (κ3) is 4.09. The zero-order valence-corrected chi connectivity index (χ0v) is 12.5. The molecule has 22 heavy (non-hydrogen) atoms. The summed E-state index contributed by atoms with van der Waals surface area (Å²) in [7, 11) is 0. The second-order valence-corrected chi connectivity index (χ2v) is 5.62. The molecule has 0 bridgehead atoms. The van der Waals surface area contributed by atoms with Gasteiger partial charge in [0.2, 0.25) is 5.91 Å². The SMILES string of the molecule is O=C(CC1CCCN1)Nc1cccc(Nc2ccccc2)c1. The van der Waals surface area contributed by atoms with Gasteiger partial charge in [-0.15, -0.1) is 0 Å². The molecule has 4 heteroatoms. The first-order valence-corrected chi connectivity index (χ1v) is 7.75. The molecule has 3 rings (SSSR count). The number of hydrogen-bond donors (Lipinski definition) is 3. The van der Waals surface area contributed by atoms with Crippen molar-refractivity contribution in [3.05, 3.63) is 54.6 Å². The zero-order valence-electron chi connectivity index (χ0n) is 12.5. The molecule has 2 aromatic carbocycles. The molecule has 2 aromatic rings. The van der Waals surface area contributed by atoms with Gasteiger partial charge in [0.1, 0.15) is 0 Å². The van der Waals surface area contributed by atoms with Gasteiger partial charge in [0.15, 0.2) is 0 Å². The Hall–Kier alpha value is -2.33. The minimum absolute atomic E-state index is 0.0660. The maximum absolute atomic E-state index is 12.1. The average molecular weight is 295 g/mol. The lowest BCUT2D eigenvalue weighted by atomic mass is 10.1. The monoisotopic (exact) mass is 295 g/mol. The summed E-state index contributed by atoms with van der Waals surface area (Å²) in [4.78, 5) is 12.1. The molecule has 0 saturated carbocycles. The first kappa shape index (κ1) is 14.6. The molecule has 1 atom stereocenters. The Morgan fingerprint density at radius 1 is 1.05 bits per heavy atom. The van der Waals surface area contributed by atoms with Crippen LogP contribution >= 0.6 is 0 Å². The first-order chi connectivity index (χ1) is 10.8. The Labute approximate surface area is 130 Å². The van der Waals surface area contributed by atoms with Crippen LogP contribution in [-0.4, -0.2) is 18.5 Å². The molecule has 3 N–H and O–H groups in total. The lowest BCUT2D eigenvalue weighted by Gasteiger charge is -2.12. The fraction of sp³-hybridized carbons (Fsp3) is 0.278. The van der Waals surface area contributed by atoms with Crippen LogP contribution in [0.3, 0.4) is 0 Å². The van der Waals surface area contributed by atoms with Crippen molar-refractivity contribution in [3.63, 3.8) is 0 Å². The molecule has 1 aliphatic rings. The first-order valence-electron chi connectivity index (χ1n) is 7.75. The van der Waals surface area contributed by atoms with Gasteiger partial charge in [-0.1, -0.05) is 24.3 Å². The summed E-state index contributed by atoms with van der Waals surface area (Å²) in [5.41, 5.74) is 2.81. The van der Waals surface area contributed by atoms with E-state index in [1.807, 2.05) is 54.6 Å². The van der Waals surface area contributed by atoms with Gasteiger partial charge in [-0.3, -0.25) is 4.79 Å². The highest BCUT2D eigenvalue weighted by atomic mass is 16.1. The van der Waals surface area contributed by atoms with Gasteiger partial charge in [0.05, 0.1) is 0 Å². The summed E-state index contributed by atoms with van der Waals surface area (Å²) in [5.74, 6) is 0.0660. The summed E-state index contributed by atoms with van der Waals surface area (Å²) >= 11 is 0. The fourth-order valence-electron chi connectivity index (χ4n) is 2.73. The van der Waals surface area contributed by atoms with E-state index in [1.165, 1.54) is 0 Å². The number of nitrogens with one attached hydrogen (secondary N) is 3. The van der Waals surface area contributed by atoms with E-state index in [0.29, 0.717) is 12.5 Å². The molecule has 0 spiro atoms. The van der Waals surface area contributed by atoms with Gasteiger partial charge >= 0.3 is 0 Å². The fourth-order valence-corrected chi connectivity index (χ4v) is 2.73. The molecule has 1 unspecified atom stereocenters. The predicted molar refractivity (Wildman–Crippen MR) is 90.4 cm³/mol. The van der Waals surface area contributed by atoms with Gasteiger partial charge in [-0.05, 0) is 49.7 Å². The van der Waals surface area contributed by atoms with Gasteiger partial charge in [0.25, 0.3) is 0 Å². The maximum Gasteiger partial charge on any atom is 0.225 e. The average Bonchev–Trinajstić information content (AvgIpc) is 3.01. The van der Waals surface area contributed by atoms with Crippen molar-refractivity contribution >= 4 is 23.0 Å². The van der Waals surface area contributed by atoms with Crippen LogP contribution in [0, 0.1) is 0 Å². The van der Waals surface area contributed by atoms with Crippen LogP contribution < -0.4 is 16.0 Å². The van der Waals surface area contributed by atoms with Crippen molar-refractivity contribution in [2.45, 2.75) is 25.3 Å². The highest BCUT2D eigenvalue weighted by molar-refractivity contribution is 5.91. The Balaban J connectivity index is 1.59. The summed E-state index contributed by atoms with van der Waals surface area (Å²) < 4.78 is 0. The van der Waals surface area contributed by atoms with Crippen molar-refractivity contribution in [2.75, 3.05) is 17.2 Å². The van der Waals surface area contributed by atoms with Crippen LogP contribution in [0.25, 0.3) is 0 Å². The van der Waals surface area contributed by atoms with Crippen LogP contribution in [0.4, 0.5) is 17.1 Å². The highest BCUT2D eigenvalue weighted by Gasteiger charge is 2.17. The molecule has 1 aliphatic heterocycles. The van der Waals surface area contributed by atoms with Crippen LogP contribution in [0.15, 0.2) is 54.6 Å². The number of amides is 1. The van der Waals surface area contributed by atoms with E-state index in [1.54, 1.807) is 0 Å². The van der Waals surface area contributed by atoms with Gasteiger partial charge in [0, 0.05) is 29.5 Å². The van der Waals surface area contributed by atoms with E-state index < -0.39 is 0 Å². The minimum atomic E-state index is 0.0660. The number of hydrogen-bond acceptors (Lipinski definition) is 3. The Bertz CT molecular complexity index is 621. The predicted octanol–water partition coefficient (Wildman–Crippen LogP) is 3.51. The molecule has 0 aromatic heterocycles. The molecule has 1 amide bonds. The number of benzene rings is 2. The lowest BCUT2D eigenvalue weighted by molar-refractivity contribution is -0.116. The van der Waals surface area contributed by atoms with E-state index in [0.717, 1.165) is 36.4 Å². The standard InChI is InChI=1S/C18H21N3O/c22-18(13-15-10-5-11-19-15)21-17-9-4-8-16(12-17)20-14-6-2-1-3-7-14/h1-4,6-9,12,15,19-20H,5,10-11,13H2,(H,21,22). The van der Waals surface area contributed by atoms with E-state index in [9.17, 15) is 4.79 Å². The lowest BCUT2D eigenvalue weighted by Crippen LogP contribution is -2.27. The van der Waals surface area contributed by atoms with Crippen molar-refractivity contribution in [3.8, 4) is 0 Å². The van der Waals surface area contributed by atoms with Crippen LogP contribution in [0.2, 0.25) is 0 Å². The van der Waals surface area contributed by atoms with Crippen molar-refractivity contribution < 1.29 is 4.79 Å². The van der Waals surface area contributed by atoms with Crippen LogP contribution in [-0.2, 0) is 4.79 Å². The van der Waals surface area contributed by atoms with E-state index in [4.69, 9.17) is 0 Å². The van der Waals surface area contributed by atoms with Gasteiger partial charge < -0.3 is 16.0 Å². The third-order valence-corrected chi connectivity index (χ3v) is 3.80. The molecule has 4 nitrogen and oxygen atoms in total. The largest absolute Gasteiger partial charge is 0.355 e. The minimum Gasteiger partial charge on any atom is -0.355 e. The van der Waals surface area contributed by atoms with Crippen molar-refractivity contribution in [1.29, 1.82) is 0 Å². The van der Waals surface area contributed by atoms with Crippen molar-refractivity contribution in [2.24, 2.45) is 0 Å². The second kappa shape index (κ2) is 7.09. The van der Waals surface area contributed by atoms with Crippen LogP contribution in [0.5, 0.6) is 0 Å². The van der Waals surface area contributed by atoms with E-state index in [-0.39, 0.29) is 5.91 Å². The highest BCUT2D eigenvalue weighted by Crippen LogP contribution is 2.20. The summed E-state index contributed by atoms with van der Waals surface area (Å²) in [6, 6.07) is 18.1. The molecule has 1 fully saturated rings. The van der Waals surface area contributed by atoms with Crippen molar-refractivity contribution in [1.82, 2.24) is 5.32 Å². The molecule has 0 radical (unpaired) electrons. The van der Waals surface area contributed by atoms with E-state index in [2.05, 4.69) is 16.0 Å².